The molecule has 0 aliphatic rings. The third kappa shape index (κ3) is 3.72. The summed E-state index contributed by atoms with van der Waals surface area (Å²) in [6.07, 6.45) is 1.07. The number of aromatic nitrogens is 2. The van der Waals surface area contributed by atoms with E-state index >= 15 is 0 Å². The number of aryl methyl sites for hydroxylation is 3. The van der Waals surface area contributed by atoms with Crippen molar-refractivity contribution in [1.82, 2.24) is 9.97 Å². The molecule has 1 heterocycles. The van der Waals surface area contributed by atoms with Crippen LogP contribution in [0.3, 0.4) is 0 Å². The van der Waals surface area contributed by atoms with Gasteiger partial charge in [0, 0.05) is 25.3 Å². The number of hydrogen-bond acceptors (Lipinski definition) is 4. The van der Waals surface area contributed by atoms with Crippen LogP contribution in [0.25, 0.3) is 0 Å². The Balaban J connectivity index is 2.33. The molecule has 4 heteroatoms. The second kappa shape index (κ2) is 6.57. The third-order valence-corrected chi connectivity index (χ3v) is 3.44. The number of rotatable bonds is 5. The Kier molecular flexibility index (Phi) is 4.78. The van der Waals surface area contributed by atoms with E-state index in [9.17, 15) is 0 Å². The monoisotopic (exact) mass is 284 g/mol. The minimum absolute atomic E-state index is 0.780. The highest BCUT2D eigenvalue weighted by atomic mass is 15.2. The maximum absolute atomic E-state index is 4.56. The van der Waals surface area contributed by atoms with Gasteiger partial charge in [0.15, 0.2) is 0 Å². The molecule has 1 aromatic carbocycles. The van der Waals surface area contributed by atoms with Gasteiger partial charge in [-0.25, -0.2) is 9.97 Å². The van der Waals surface area contributed by atoms with Gasteiger partial charge in [0.05, 0.1) is 0 Å². The molecule has 0 bridgehead atoms. The highest BCUT2D eigenvalue weighted by Crippen LogP contribution is 2.27. The van der Waals surface area contributed by atoms with Crippen LogP contribution in [0.2, 0.25) is 0 Å². The zero-order valence-corrected chi connectivity index (χ0v) is 13.6. The number of anilines is 3. The highest BCUT2D eigenvalue weighted by molar-refractivity contribution is 5.65. The van der Waals surface area contributed by atoms with Crippen molar-refractivity contribution in [2.45, 2.75) is 34.1 Å². The van der Waals surface area contributed by atoms with Gasteiger partial charge in [-0.15, -0.1) is 0 Å². The largest absolute Gasteiger partial charge is 0.370 e. The summed E-state index contributed by atoms with van der Waals surface area (Å²) in [6.45, 7) is 9.23. The Labute approximate surface area is 127 Å². The van der Waals surface area contributed by atoms with Crippen LogP contribution in [0.5, 0.6) is 0 Å². The van der Waals surface area contributed by atoms with Gasteiger partial charge in [-0.05, 0) is 38.8 Å². The predicted octanol–water partition coefficient (Wildman–Crippen LogP) is 3.99. The zero-order chi connectivity index (χ0) is 15.4. The molecular formula is C17H24N4. The Morgan fingerprint density at radius 2 is 1.86 bits per heavy atom. The Morgan fingerprint density at radius 3 is 2.52 bits per heavy atom. The minimum Gasteiger partial charge on any atom is -0.370 e. The lowest BCUT2D eigenvalue weighted by Gasteiger charge is -2.21. The van der Waals surface area contributed by atoms with Gasteiger partial charge < -0.3 is 10.2 Å². The van der Waals surface area contributed by atoms with E-state index in [1.54, 1.807) is 0 Å². The van der Waals surface area contributed by atoms with Crippen LogP contribution < -0.4 is 10.2 Å². The molecule has 0 spiro atoms. The molecule has 0 amide bonds. The van der Waals surface area contributed by atoms with E-state index < -0.39 is 0 Å². The molecule has 112 valence electrons. The summed E-state index contributed by atoms with van der Waals surface area (Å²) in [6, 6.07) is 8.46. The standard InChI is InChI=1S/C17H24N4/c1-6-9-18-16-11-17(20-14(4)19-16)21(5)15-8-7-12(2)10-13(15)3/h7-8,10-11H,6,9H2,1-5H3,(H,18,19,20). The summed E-state index contributed by atoms with van der Waals surface area (Å²) >= 11 is 0. The van der Waals surface area contributed by atoms with Gasteiger partial charge >= 0.3 is 0 Å². The van der Waals surface area contributed by atoms with Gasteiger partial charge in [0.1, 0.15) is 17.5 Å². The molecule has 21 heavy (non-hydrogen) atoms. The molecule has 0 saturated carbocycles. The van der Waals surface area contributed by atoms with Gasteiger partial charge in [0.2, 0.25) is 0 Å². The maximum Gasteiger partial charge on any atom is 0.138 e. The number of nitrogens with one attached hydrogen (secondary N) is 1. The lowest BCUT2D eigenvalue weighted by molar-refractivity contribution is 0.948. The molecule has 2 aromatic rings. The zero-order valence-electron chi connectivity index (χ0n) is 13.6. The average Bonchev–Trinajstić information content (AvgIpc) is 2.44. The Hall–Kier alpha value is -2.10. The molecular weight excluding hydrogens is 260 g/mol. The predicted molar refractivity (Wildman–Crippen MR) is 89.5 cm³/mol. The third-order valence-electron chi connectivity index (χ3n) is 3.44. The van der Waals surface area contributed by atoms with Crippen molar-refractivity contribution in [3.05, 3.63) is 41.2 Å². The van der Waals surface area contributed by atoms with Gasteiger partial charge in [-0.2, -0.15) is 0 Å². The van der Waals surface area contributed by atoms with Gasteiger partial charge in [-0.3, -0.25) is 0 Å². The van der Waals surface area contributed by atoms with Crippen LogP contribution in [0, 0.1) is 20.8 Å². The van der Waals surface area contributed by atoms with Crippen LogP contribution in [-0.2, 0) is 0 Å². The second-order valence-electron chi connectivity index (χ2n) is 5.43. The van der Waals surface area contributed by atoms with Gasteiger partial charge in [-0.1, -0.05) is 24.6 Å². The Morgan fingerprint density at radius 1 is 1.10 bits per heavy atom. The van der Waals surface area contributed by atoms with Crippen molar-refractivity contribution in [2.75, 3.05) is 23.8 Å². The van der Waals surface area contributed by atoms with Crippen molar-refractivity contribution in [2.24, 2.45) is 0 Å². The first-order chi connectivity index (χ1) is 10.0. The molecule has 4 nitrogen and oxygen atoms in total. The van der Waals surface area contributed by atoms with Crippen molar-refractivity contribution < 1.29 is 0 Å². The van der Waals surface area contributed by atoms with Crippen molar-refractivity contribution in [3.63, 3.8) is 0 Å². The van der Waals surface area contributed by atoms with Crippen LogP contribution in [0.4, 0.5) is 17.3 Å². The quantitative estimate of drug-likeness (QED) is 0.901. The first-order valence-corrected chi connectivity index (χ1v) is 7.41. The normalized spacial score (nSPS) is 10.5. The fraction of sp³-hybridized carbons (Fsp3) is 0.412. The second-order valence-corrected chi connectivity index (χ2v) is 5.43. The molecule has 2 rings (SSSR count). The number of hydrogen-bond donors (Lipinski definition) is 1. The van der Waals surface area contributed by atoms with Crippen LogP contribution in [0.15, 0.2) is 24.3 Å². The molecule has 0 saturated heterocycles. The van der Waals surface area contributed by atoms with E-state index in [0.29, 0.717) is 0 Å². The van der Waals surface area contributed by atoms with Crippen LogP contribution in [-0.4, -0.2) is 23.6 Å². The van der Waals surface area contributed by atoms with Crippen LogP contribution >= 0.6 is 0 Å². The van der Waals surface area contributed by atoms with Crippen LogP contribution in [0.1, 0.15) is 30.3 Å². The van der Waals surface area contributed by atoms with E-state index in [2.05, 4.69) is 59.2 Å². The van der Waals surface area contributed by atoms with E-state index in [-0.39, 0.29) is 0 Å². The molecule has 1 aromatic heterocycles. The lowest BCUT2D eigenvalue weighted by Crippen LogP contribution is -2.14. The lowest BCUT2D eigenvalue weighted by atomic mass is 10.1. The summed E-state index contributed by atoms with van der Waals surface area (Å²) in [5.74, 6) is 2.58. The molecule has 0 fully saturated rings. The highest BCUT2D eigenvalue weighted by Gasteiger charge is 2.10. The maximum atomic E-state index is 4.56. The van der Waals surface area contributed by atoms with E-state index in [1.165, 1.54) is 16.8 Å². The molecule has 0 aliphatic heterocycles. The minimum atomic E-state index is 0.780. The first kappa shape index (κ1) is 15.3. The smallest absolute Gasteiger partial charge is 0.138 e. The molecule has 0 unspecified atom stereocenters. The van der Waals surface area contributed by atoms with E-state index in [0.717, 1.165) is 30.4 Å². The van der Waals surface area contributed by atoms with E-state index in [1.807, 2.05) is 20.0 Å². The molecule has 0 aliphatic carbocycles. The summed E-state index contributed by atoms with van der Waals surface area (Å²) in [7, 11) is 2.04. The summed E-state index contributed by atoms with van der Waals surface area (Å²) in [5.41, 5.74) is 3.69. The number of nitrogens with zero attached hydrogens (tertiary/aromatic N) is 3. The SMILES string of the molecule is CCCNc1cc(N(C)c2ccc(C)cc2C)nc(C)n1. The Bertz CT molecular complexity index is 622. The topological polar surface area (TPSA) is 41.0 Å². The summed E-state index contributed by atoms with van der Waals surface area (Å²) in [4.78, 5) is 11.1. The molecule has 1 N–H and O–H groups in total. The fourth-order valence-corrected chi connectivity index (χ4v) is 2.37. The van der Waals surface area contributed by atoms with E-state index in [4.69, 9.17) is 0 Å². The molecule has 0 radical (unpaired) electrons. The van der Waals surface area contributed by atoms with Crippen molar-refractivity contribution in [3.8, 4) is 0 Å². The summed E-state index contributed by atoms with van der Waals surface area (Å²) < 4.78 is 0. The molecule has 0 atom stereocenters. The first-order valence-electron chi connectivity index (χ1n) is 7.41. The summed E-state index contributed by atoms with van der Waals surface area (Å²) in [5, 5.41) is 3.33. The number of benzene rings is 1. The van der Waals surface area contributed by atoms with Crippen molar-refractivity contribution in [1.29, 1.82) is 0 Å². The van der Waals surface area contributed by atoms with Gasteiger partial charge in [0.25, 0.3) is 0 Å². The van der Waals surface area contributed by atoms with Crippen molar-refractivity contribution >= 4 is 17.3 Å². The average molecular weight is 284 g/mol. The fourth-order valence-electron chi connectivity index (χ4n) is 2.37.